The minimum Gasteiger partial charge on any atom is -0.507 e. The lowest BCUT2D eigenvalue weighted by Crippen LogP contribution is -2.08. The van der Waals surface area contributed by atoms with E-state index in [1.54, 1.807) is 42.5 Å². The van der Waals surface area contributed by atoms with Crippen molar-refractivity contribution in [2.75, 3.05) is 0 Å². The monoisotopic (exact) mass is 542 g/mol. The number of carbonyl (C=O) groups excluding carboxylic acids is 2. The highest BCUT2D eigenvalue weighted by Gasteiger charge is 2.24. The molecule has 0 atom stereocenters. The summed E-state index contributed by atoms with van der Waals surface area (Å²) in [5.41, 5.74) is 1.42. The maximum absolute atomic E-state index is 13.3. The molecule has 162 valence electrons. The van der Waals surface area contributed by atoms with E-state index in [9.17, 15) is 19.8 Å². The van der Waals surface area contributed by atoms with Crippen molar-refractivity contribution in [3.05, 3.63) is 86.7 Å². The number of phenolic OH excluding ortho intramolecular Hbond substituents is 2. The van der Waals surface area contributed by atoms with Crippen LogP contribution in [0.3, 0.4) is 0 Å². The van der Waals surface area contributed by atoms with Gasteiger partial charge in [-0.2, -0.15) is 0 Å². The van der Waals surface area contributed by atoms with Crippen LogP contribution in [0.5, 0.6) is 17.2 Å². The number of phenols is 2. The van der Waals surface area contributed by atoms with E-state index in [0.717, 1.165) is 6.42 Å². The van der Waals surface area contributed by atoms with Crippen LogP contribution >= 0.6 is 22.6 Å². The summed E-state index contributed by atoms with van der Waals surface area (Å²) < 4.78 is 11.9. The summed E-state index contributed by atoms with van der Waals surface area (Å²) >= 11 is 1.96. The SMILES string of the molecule is CCCc1oc2cc(OC(=O)c3ccccc3)c(O)cc2c1C(=O)c1ccc(O)c(I)c1. The fraction of sp³-hybridized carbons (Fsp3) is 0.120. The molecule has 32 heavy (non-hydrogen) atoms. The number of esters is 1. The first-order valence-electron chi connectivity index (χ1n) is 9.98. The highest BCUT2D eigenvalue weighted by atomic mass is 127. The number of carbonyl (C=O) groups is 2. The third-order valence-electron chi connectivity index (χ3n) is 4.97. The number of ketones is 1. The van der Waals surface area contributed by atoms with Gasteiger partial charge in [0.05, 0.1) is 14.7 Å². The summed E-state index contributed by atoms with van der Waals surface area (Å²) in [4.78, 5) is 25.7. The Bertz CT molecular complexity index is 1320. The van der Waals surface area contributed by atoms with Gasteiger partial charge in [-0.1, -0.05) is 25.1 Å². The van der Waals surface area contributed by atoms with Gasteiger partial charge >= 0.3 is 5.97 Å². The molecule has 0 unspecified atom stereocenters. The normalized spacial score (nSPS) is 10.9. The summed E-state index contributed by atoms with van der Waals surface area (Å²) in [5.74, 6) is -0.646. The third-order valence-corrected chi connectivity index (χ3v) is 5.83. The number of halogens is 1. The van der Waals surface area contributed by atoms with E-state index in [0.29, 0.717) is 43.4 Å². The van der Waals surface area contributed by atoms with Crippen LogP contribution in [0, 0.1) is 3.57 Å². The average molecular weight is 542 g/mol. The van der Waals surface area contributed by atoms with Crippen LogP contribution in [0.25, 0.3) is 11.0 Å². The molecule has 0 spiro atoms. The Kier molecular flexibility index (Phi) is 6.18. The van der Waals surface area contributed by atoms with Crippen molar-refractivity contribution >= 4 is 45.3 Å². The number of hydrogen-bond acceptors (Lipinski definition) is 6. The lowest BCUT2D eigenvalue weighted by atomic mass is 9.98. The highest BCUT2D eigenvalue weighted by Crippen LogP contribution is 2.38. The molecule has 2 N–H and O–H groups in total. The van der Waals surface area contributed by atoms with Gasteiger partial charge in [0, 0.05) is 23.4 Å². The van der Waals surface area contributed by atoms with Crippen molar-refractivity contribution in [3.8, 4) is 17.2 Å². The fourth-order valence-corrected chi connectivity index (χ4v) is 3.94. The number of aryl methyl sites for hydroxylation is 1. The van der Waals surface area contributed by atoms with Gasteiger partial charge in [-0.05, 0) is 65.4 Å². The molecule has 0 aliphatic rings. The molecule has 7 heteroatoms. The van der Waals surface area contributed by atoms with E-state index in [2.05, 4.69) is 0 Å². The Morgan fingerprint density at radius 2 is 1.72 bits per heavy atom. The number of ether oxygens (including phenoxy) is 1. The third kappa shape index (κ3) is 4.20. The number of benzene rings is 3. The number of furan rings is 1. The Hall–Kier alpha value is -3.33. The van der Waals surface area contributed by atoms with Crippen LogP contribution < -0.4 is 4.74 Å². The van der Waals surface area contributed by atoms with Crippen LogP contribution in [0.2, 0.25) is 0 Å². The van der Waals surface area contributed by atoms with E-state index in [1.165, 1.54) is 18.2 Å². The maximum Gasteiger partial charge on any atom is 0.343 e. The molecule has 1 heterocycles. The Morgan fingerprint density at radius 3 is 2.41 bits per heavy atom. The molecule has 0 aliphatic carbocycles. The minimum atomic E-state index is -0.615. The van der Waals surface area contributed by atoms with Gasteiger partial charge in [0.15, 0.2) is 17.3 Å². The molecular weight excluding hydrogens is 523 g/mol. The molecule has 0 saturated carbocycles. The maximum atomic E-state index is 13.3. The molecule has 6 nitrogen and oxygen atoms in total. The van der Waals surface area contributed by atoms with Gasteiger partial charge < -0.3 is 19.4 Å². The summed E-state index contributed by atoms with van der Waals surface area (Å²) in [7, 11) is 0. The van der Waals surface area contributed by atoms with Crippen molar-refractivity contribution in [1.82, 2.24) is 0 Å². The van der Waals surface area contributed by atoms with Crippen molar-refractivity contribution in [3.63, 3.8) is 0 Å². The molecule has 0 bridgehead atoms. The Balaban J connectivity index is 1.77. The summed E-state index contributed by atoms with van der Waals surface area (Å²) in [6.07, 6.45) is 1.26. The molecule has 0 saturated heterocycles. The predicted octanol–water partition coefficient (Wildman–Crippen LogP) is 5.85. The molecular formula is C25H19IO6. The van der Waals surface area contributed by atoms with Crippen molar-refractivity contribution in [1.29, 1.82) is 0 Å². The van der Waals surface area contributed by atoms with E-state index in [4.69, 9.17) is 9.15 Å². The zero-order valence-electron chi connectivity index (χ0n) is 17.1. The Morgan fingerprint density at radius 1 is 0.969 bits per heavy atom. The van der Waals surface area contributed by atoms with E-state index >= 15 is 0 Å². The molecule has 0 radical (unpaired) electrons. The van der Waals surface area contributed by atoms with E-state index in [1.807, 2.05) is 29.5 Å². The largest absolute Gasteiger partial charge is 0.507 e. The molecule has 0 amide bonds. The topological polar surface area (TPSA) is 97.0 Å². The average Bonchev–Trinajstić information content (AvgIpc) is 3.12. The first kappa shape index (κ1) is 21.9. The van der Waals surface area contributed by atoms with E-state index < -0.39 is 5.97 Å². The van der Waals surface area contributed by atoms with Crippen LogP contribution in [0.4, 0.5) is 0 Å². The zero-order chi connectivity index (χ0) is 22.8. The quantitative estimate of drug-likeness (QED) is 0.137. The van der Waals surface area contributed by atoms with Crippen molar-refractivity contribution < 1.29 is 29.0 Å². The first-order valence-corrected chi connectivity index (χ1v) is 11.1. The zero-order valence-corrected chi connectivity index (χ0v) is 19.3. The van der Waals surface area contributed by atoms with Crippen LogP contribution in [-0.4, -0.2) is 22.0 Å². The number of hydrogen-bond donors (Lipinski definition) is 2. The second kappa shape index (κ2) is 9.04. The molecule has 4 rings (SSSR count). The second-order valence-electron chi connectivity index (χ2n) is 7.22. The summed E-state index contributed by atoms with van der Waals surface area (Å²) in [6, 6.07) is 15.8. The smallest absolute Gasteiger partial charge is 0.343 e. The lowest BCUT2D eigenvalue weighted by Gasteiger charge is -2.07. The summed E-state index contributed by atoms with van der Waals surface area (Å²) in [6.45, 7) is 1.97. The van der Waals surface area contributed by atoms with Gasteiger partial charge in [0.2, 0.25) is 0 Å². The number of fused-ring (bicyclic) bond motifs is 1. The summed E-state index contributed by atoms with van der Waals surface area (Å²) in [5, 5.41) is 20.7. The van der Waals surface area contributed by atoms with Crippen LogP contribution in [0.15, 0.2) is 65.1 Å². The van der Waals surface area contributed by atoms with Crippen molar-refractivity contribution in [2.24, 2.45) is 0 Å². The predicted molar refractivity (Wildman–Crippen MR) is 128 cm³/mol. The number of aromatic hydroxyl groups is 2. The van der Waals surface area contributed by atoms with Gasteiger partial charge in [-0.15, -0.1) is 0 Å². The van der Waals surface area contributed by atoms with E-state index in [-0.39, 0.29) is 23.0 Å². The van der Waals surface area contributed by atoms with Gasteiger partial charge in [-0.25, -0.2) is 4.79 Å². The molecule has 3 aromatic carbocycles. The number of rotatable bonds is 6. The standard InChI is InChI=1S/C25H19IO6/c1-2-6-20-23(24(29)15-9-10-18(27)17(26)11-15)16-12-19(28)22(13-21(16)31-20)32-25(30)14-7-4-3-5-8-14/h3-5,7-13,27-28H,2,6H2,1H3. The fourth-order valence-electron chi connectivity index (χ4n) is 3.42. The van der Waals surface area contributed by atoms with Gasteiger partial charge in [0.1, 0.15) is 17.1 Å². The minimum absolute atomic E-state index is 0.0543. The highest BCUT2D eigenvalue weighted by molar-refractivity contribution is 14.1. The first-order chi connectivity index (χ1) is 15.4. The van der Waals surface area contributed by atoms with Gasteiger partial charge in [-0.3, -0.25) is 4.79 Å². The van der Waals surface area contributed by atoms with Crippen molar-refractivity contribution in [2.45, 2.75) is 19.8 Å². The lowest BCUT2D eigenvalue weighted by molar-refractivity contribution is 0.0729. The second-order valence-corrected chi connectivity index (χ2v) is 8.38. The molecule has 1 aromatic heterocycles. The Labute approximate surface area is 197 Å². The molecule has 4 aromatic rings. The van der Waals surface area contributed by atoms with Gasteiger partial charge in [0.25, 0.3) is 0 Å². The molecule has 0 fully saturated rings. The van der Waals surface area contributed by atoms with Crippen LogP contribution in [-0.2, 0) is 6.42 Å². The molecule has 0 aliphatic heterocycles. The van der Waals surface area contributed by atoms with Crippen LogP contribution in [0.1, 0.15) is 45.4 Å².